The summed E-state index contributed by atoms with van der Waals surface area (Å²) in [5, 5.41) is 12.5. The topological polar surface area (TPSA) is 99.6 Å². The summed E-state index contributed by atoms with van der Waals surface area (Å²) in [6.07, 6.45) is 0.922. The Hall–Kier alpha value is -1.97. The van der Waals surface area contributed by atoms with Gasteiger partial charge in [-0.15, -0.1) is 11.3 Å². The van der Waals surface area contributed by atoms with E-state index in [1.165, 1.54) is 11.3 Å². The van der Waals surface area contributed by atoms with E-state index in [1.54, 1.807) is 6.92 Å². The van der Waals surface area contributed by atoms with Crippen LogP contribution in [0, 0.1) is 6.92 Å². The standard InChI is InChI=1S/C14H17N3O4S2/c1-10-12(13(19)17(8-9-18)23(2,20)21)16-14(22-10)15-11-6-4-3-5-7-11/h3-7,18H,8-9H2,1-2H3,(H,15,16). The van der Waals surface area contributed by atoms with Gasteiger partial charge in [-0.2, -0.15) is 0 Å². The van der Waals surface area contributed by atoms with Crippen LogP contribution in [0.2, 0.25) is 0 Å². The molecule has 0 saturated carbocycles. The Balaban J connectivity index is 2.28. The van der Waals surface area contributed by atoms with Crippen molar-refractivity contribution in [3.63, 3.8) is 0 Å². The number of hydrogen-bond donors (Lipinski definition) is 2. The number of nitrogens with zero attached hydrogens (tertiary/aromatic N) is 2. The monoisotopic (exact) mass is 355 g/mol. The van der Waals surface area contributed by atoms with Gasteiger partial charge in [0.2, 0.25) is 10.0 Å². The molecule has 2 N–H and O–H groups in total. The highest BCUT2D eigenvalue weighted by atomic mass is 32.2. The van der Waals surface area contributed by atoms with E-state index in [0.29, 0.717) is 14.3 Å². The Morgan fingerprint density at radius 3 is 2.57 bits per heavy atom. The molecular formula is C14H17N3O4S2. The fraction of sp³-hybridized carbons (Fsp3) is 0.286. The Kier molecular flexibility index (Phi) is 5.34. The number of aromatic nitrogens is 1. The minimum absolute atomic E-state index is 0.0623. The number of aryl methyl sites for hydroxylation is 1. The Bertz CT molecular complexity index is 788. The fourth-order valence-corrected chi connectivity index (χ4v) is 3.55. The van der Waals surface area contributed by atoms with Gasteiger partial charge in [-0.05, 0) is 19.1 Å². The average Bonchev–Trinajstić information content (AvgIpc) is 2.84. The summed E-state index contributed by atoms with van der Waals surface area (Å²) >= 11 is 1.26. The molecule has 0 fully saturated rings. The number of hydrogen-bond acceptors (Lipinski definition) is 7. The average molecular weight is 355 g/mol. The molecule has 124 valence electrons. The summed E-state index contributed by atoms with van der Waals surface area (Å²) in [7, 11) is -3.77. The Morgan fingerprint density at radius 2 is 2.00 bits per heavy atom. The second kappa shape index (κ2) is 7.07. The summed E-state index contributed by atoms with van der Waals surface area (Å²) in [6, 6.07) is 9.31. The second-order valence-electron chi connectivity index (χ2n) is 4.78. The highest BCUT2D eigenvalue weighted by Crippen LogP contribution is 2.26. The van der Waals surface area contributed by atoms with E-state index in [-0.39, 0.29) is 12.2 Å². The van der Waals surface area contributed by atoms with Crippen molar-refractivity contribution >= 4 is 38.1 Å². The first-order valence-electron chi connectivity index (χ1n) is 6.75. The molecule has 0 radical (unpaired) electrons. The minimum atomic E-state index is -3.77. The van der Waals surface area contributed by atoms with Gasteiger partial charge >= 0.3 is 0 Å². The van der Waals surface area contributed by atoms with Crippen molar-refractivity contribution in [1.82, 2.24) is 9.29 Å². The maximum Gasteiger partial charge on any atom is 0.287 e. The first kappa shape index (κ1) is 17.4. The summed E-state index contributed by atoms with van der Waals surface area (Å²) in [5.41, 5.74) is 0.878. The summed E-state index contributed by atoms with van der Waals surface area (Å²) in [6.45, 7) is 0.952. The molecule has 7 nitrogen and oxygen atoms in total. The smallest absolute Gasteiger partial charge is 0.287 e. The highest BCUT2D eigenvalue weighted by molar-refractivity contribution is 7.88. The molecule has 1 aromatic heterocycles. The van der Waals surface area contributed by atoms with Crippen LogP contribution >= 0.6 is 11.3 Å². The van der Waals surface area contributed by atoms with Crippen LogP contribution in [0.4, 0.5) is 10.8 Å². The maximum atomic E-state index is 12.4. The van der Waals surface area contributed by atoms with E-state index in [2.05, 4.69) is 10.3 Å². The molecule has 0 aliphatic carbocycles. The number of carbonyl (C=O) groups is 1. The number of thiazole rings is 1. The van der Waals surface area contributed by atoms with Crippen molar-refractivity contribution in [1.29, 1.82) is 0 Å². The number of sulfonamides is 1. The number of anilines is 2. The minimum Gasteiger partial charge on any atom is -0.394 e. The molecule has 1 heterocycles. The molecule has 23 heavy (non-hydrogen) atoms. The molecule has 0 spiro atoms. The molecule has 0 saturated heterocycles. The maximum absolute atomic E-state index is 12.4. The SMILES string of the molecule is Cc1sc(Nc2ccccc2)nc1C(=O)N(CCO)S(C)(=O)=O. The molecule has 0 aliphatic heterocycles. The third kappa shape index (κ3) is 4.27. The van der Waals surface area contributed by atoms with Gasteiger partial charge in [0.15, 0.2) is 5.13 Å². The van der Waals surface area contributed by atoms with E-state index in [4.69, 9.17) is 5.11 Å². The number of para-hydroxylation sites is 1. The predicted molar refractivity (Wildman–Crippen MR) is 89.5 cm³/mol. The van der Waals surface area contributed by atoms with Crippen LogP contribution in [0.1, 0.15) is 15.4 Å². The van der Waals surface area contributed by atoms with Gasteiger partial charge in [-0.3, -0.25) is 4.79 Å². The summed E-state index contributed by atoms with van der Waals surface area (Å²) in [4.78, 5) is 17.2. The van der Waals surface area contributed by atoms with Crippen molar-refractivity contribution in [3.8, 4) is 0 Å². The molecule has 1 aromatic carbocycles. The van der Waals surface area contributed by atoms with Crippen LogP contribution in [0.5, 0.6) is 0 Å². The van der Waals surface area contributed by atoms with Gasteiger partial charge in [0.05, 0.1) is 19.4 Å². The fourth-order valence-electron chi connectivity index (χ4n) is 1.92. The lowest BCUT2D eigenvalue weighted by atomic mass is 10.3. The number of aliphatic hydroxyl groups excluding tert-OH is 1. The third-order valence-electron chi connectivity index (χ3n) is 2.95. The Morgan fingerprint density at radius 1 is 1.35 bits per heavy atom. The van der Waals surface area contributed by atoms with Crippen molar-refractivity contribution in [3.05, 3.63) is 40.9 Å². The zero-order valence-electron chi connectivity index (χ0n) is 12.7. The first-order chi connectivity index (χ1) is 10.8. The van der Waals surface area contributed by atoms with Crippen LogP contribution < -0.4 is 5.32 Å². The molecule has 2 aromatic rings. The predicted octanol–water partition coefficient (Wildman–Crippen LogP) is 1.59. The molecule has 0 atom stereocenters. The molecule has 0 aliphatic rings. The number of aliphatic hydroxyl groups is 1. The Labute approximate surface area is 138 Å². The van der Waals surface area contributed by atoms with Crippen LogP contribution in [-0.2, 0) is 10.0 Å². The number of benzene rings is 1. The van der Waals surface area contributed by atoms with E-state index >= 15 is 0 Å². The van der Waals surface area contributed by atoms with E-state index in [1.807, 2.05) is 30.3 Å². The number of rotatable bonds is 6. The number of amides is 1. The van der Waals surface area contributed by atoms with Gasteiger partial charge in [0.25, 0.3) is 5.91 Å². The van der Waals surface area contributed by atoms with E-state index in [0.717, 1.165) is 11.9 Å². The zero-order valence-corrected chi connectivity index (χ0v) is 14.3. The van der Waals surface area contributed by atoms with Gasteiger partial charge < -0.3 is 10.4 Å². The lowest BCUT2D eigenvalue weighted by Gasteiger charge is -2.18. The molecule has 0 bridgehead atoms. The largest absolute Gasteiger partial charge is 0.394 e. The lowest BCUT2D eigenvalue weighted by molar-refractivity contribution is 0.0837. The van der Waals surface area contributed by atoms with Crippen molar-refractivity contribution in [2.24, 2.45) is 0 Å². The molecule has 2 rings (SSSR count). The van der Waals surface area contributed by atoms with Gasteiger partial charge in [0.1, 0.15) is 5.69 Å². The van der Waals surface area contributed by atoms with Crippen LogP contribution in [0.15, 0.2) is 30.3 Å². The van der Waals surface area contributed by atoms with Crippen LogP contribution in [0.3, 0.4) is 0 Å². The third-order valence-corrected chi connectivity index (χ3v) is 4.99. The zero-order chi connectivity index (χ0) is 17.0. The number of nitrogens with one attached hydrogen (secondary N) is 1. The summed E-state index contributed by atoms with van der Waals surface area (Å²) in [5.74, 6) is -0.739. The van der Waals surface area contributed by atoms with E-state index < -0.39 is 22.5 Å². The first-order valence-corrected chi connectivity index (χ1v) is 9.42. The van der Waals surface area contributed by atoms with E-state index in [9.17, 15) is 13.2 Å². The van der Waals surface area contributed by atoms with Crippen molar-refractivity contribution in [2.45, 2.75) is 6.92 Å². The van der Waals surface area contributed by atoms with Crippen molar-refractivity contribution < 1.29 is 18.3 Å². The van der Waals surface area contributed by atoms with Gasteiger partial charge in [-0.1, -0.05) is 18.2 Å². The molecule has 0 unspecified atom stereocenters. The van der Waals surface area contributed by atoms with Crippen LogP contribution in [-0.4, -0.2) is 48.1 Å². The van der Waals surface area contributed by atoms with Gasteiger partial charge in [0, 0.05) is 10.6 Å². The number of carbonyl (C=O) groups excluding carboxylic acids is 1. The summed E-state index contributed by atoms with van der Waals surface area (Å²) < 4.78 is 24.0. The molecule has 9 heteroatoms. The quantitative estimate of drug-likeness (QED) is 0.816. The van der Waals surface area contributed by atoms with Crippen LogP contribution in [0.25, 0.3) is 0 Å². The normalized spacial score (nSPS) is 11.3. The molecular weight excluding hydrogens is 338 g/mol. The highest BCUT2D eigenvalue weighted by Gasteiger charge is 2.27. The lowest BCUT2D eigenvalue weighted by Crippen LogP contribution is -2.38. The molecule has 1 amide bonds. The van der Waals surface area contributed by atoms with Crippen molar-refractivity contribution in [2.75, 3.05) is 24.7 Å². The second-order valence-corrected chi connectivity index (χ2v) is 7.89. The van der Waals surface area contributed by atoms with Gasteiger partial charge in [-0.25, -0.2) is 17.7 Å².